The second-order valence-corrected chi connectivity index (χ2v) is 5.35. The van der Waals surface area contributed by atoms with Crippen LogP contribution in [0.2, 0.25) is 0 Å². The van der Waals surface area contributed by atoms with Crippen LogP contribution in [0, 0.1) is 0 Å². The Kier molecular flexibility index (Phi) is 7.97. The molecule has 0 bridgehead atoms. The van der Waals surface area contributed by atoms with Crippen LogP contribution in [0.15, 0.2) is 24.3 Å². The summed E-state index contributed by atoms with van der Waals surface area (Å²) in [7, 11) is 0. The molecule has 0 aliphatic carbocycles. The highest BCUT2D eigenvalue weighted by Gasteiger charge is 2.08. The number of anilines is 1. The number of para-hydroxylation sites is 1. The molecule has 0 saturated carbocycles. The zero-order valence-corrected chi connectivity index (χ0v) is 13.0. The summed E-state index contributed by atoms with van der Waals surface area (Å²) in [6.45, 7) is 6.82. The Hall–Kier alpha value is -1.35. The highest BCUT2D eigenvalue weighted by Crippen LogP contribution is 2.16. The van der Waals surface area contributed by atoms with E-state index in [0.29, 0.717) is 6.04 Å². The Morgan fingerprint density at radius 3 is 2.55 bits per heavy atom. The normalized spacial score (nSPS) is 12.2. The molecule has 112 valence electrons. The van der Waals surface area contributed by atoms with Crippen LogP contribution in [0.4, 0.5) is 5.69 Å². The van der Waals surface area contributed by atoms with Crippen molar-refractivity contribution < 1.29 is 4.79 Å². The van der Waals surface area contributed by atoms with Gasteiger partial charge in [0, 0.05) is 25.2 Å². The minimum absolute atomic E-state index is 0.0199. The molecule has 0 heterocycles. The number of rotatable bonds is 9. The first-order chi connectivity index (χ1) is 9.67. The standard InChI is InChI=1S/C17H28N2O/c1-4-6-11-16(9-5-2)18-13-15-10-7-8-12-17(15)19-14(3)20/h7-8,10,12,16,18H,4-6,9,11,13H2,1-3H3,(H,19,20). The third-order valence-electron chi connectivity index (χ3n) is 3.45. The van der Waals surface area contributed by atoms with E-state index in [0.717, 1.165) is 17.8 Å². The van der Waals surface area contributed by atoms with Gasteiger partial charge in [0.25, 0.3) is 0 Å². The number of benzene rings is 1. The molecule has 1 amide bonds. The zero-order chi connectivity index (χ0) is 14.8. The van der Waals surface area contributed by atoms with Crippen molar-refractivity contribution in [3.63, 3.8) is 0 Å². The van der Waals surface area contributed by atoms with Crippen molar-refractivity contribution in [2.24, 2.45) is 0 Å². The third-order valence-corrected chi connectivity index (χ3v) is 3.45. The lowest BCUT2D eigenvalue weighted by molar-refractivity contribution is -0.114. The fraction of sp³-hybridized carbons (Fsp3) is 0.588. The molecule has 1 rings (SSSR count). The quantitative estimate of drug-likeness (QED) is 0.713. The van der Waals surface area contributed by atoms with Gasteiger partial charge in [0.2, 0.25) is 5.91 Å². The molecule has 0 fully saturated rings. The van der Waals surface area contributed by atoms with Gasteiger partial charge in [-0.3, -0.25) is 4.79 Å². The number of nitrogens with one attached hydrogen (secondary N) is 2. The van der Waals surface area contributed by atoms with Gasteiger partial charge in [0.1, 0.15) is 0 Å². The number of carbonyl (C=O) groups is 1. The van der Waals surface area contributed by atoms with Crippen molar-refractivity contribution in [3.05, 3.63) is 29.8 Å². The molecule has 3 heteroatoms. The van der Waals surface area contributed by atoms with Gasteiger partial charge in [0.05, 0.1) is 0 Å². The van der Waals surface area contributed by atoms with Gasteiger partial charge >= 0.3 is 0 Å². The van der Waals surface area contributed by atoms with Crippen LogP contribution in [0.1, 0.15) is 58.4 Å². The fourth-order valence-corrected chi connectivity index (χ4v) is 2.39. The van der Waals surface area contributed by atoms with Crippen LogP contribution in [0.5, 0.6) is 0 Å². The van der Waals surface area contributed by atoms with Gasteiger partial charge in [-0.25, -0.2) is 0 Å². The monoisotopic (exact) mass is 276 g/mol. The Bertz CT molecular complexity index is 404. The predicted octanol–water partition coefficient (Wildman–Crippen LogP) is 4.09. The molecule has 0 saturated heterocycles. The predicted molar refractivity (Wildman–Crippen MR) is 85.8 cm³/mol. The van der Waals surface area contributed by atoms with E-state index in [2.05, 4.69) is 30.5 Å². The lowest BCUT2D eigenvalue weighted by Crippen LogP contribution is -2.28. The van der Waals surface area contributed by atoms with Gasteiger partial charge in [-0.05, 0) is 24.5 Å². The average molecular weight is 276 g/mol. The van der Waals surface area contributed by atoms with Gasteiger partial charge in [-0.1, -0.05) is 51.3 Å². The van der Waals surface area contributed by atoms with Crippen molar-refractivity contribution in [2.75, 3.05) is 5.32 Å². The van der Waals surface area contributed by atoms with Gasteiger partial charge in [-0.2, -0.15) is 0 Å². The Morgan fingerprint density at radius 2 is 1.90 bits per heavy atom. The Balaban J connectivity index is 2.59. The maximum atomic E-state index is 11.2. The first kappa shape index (κ1) is 16.7. The van der Waals surface area contributed by atoms with E-state index in [-0.39, 0.29) is 5.91 Å². The van der Waals surface area contributed by atoms with Crippen LogP contribution < -0.4 is 10.6 Å². The van der Waals surface area contributed by atoms with E-state index in [1.165, 1.54) is 32.1 Å². The zero-order valence-electron chi connectivity index (χ0n) is 13.0. The van der Waals surface area contributed by atoms with E-state index in [1.54, 1.807) is 6.92 Å². The molecule has 2 N–H and O–H groups in total. The summed E-state index contributed by atoms with van der Waals surface area (Å²) in [5, 5.41) is 6.53. The summed E-state index contributed by atoms with van der Waals surface area (Å²) < 4.78 is 0. The molecule has 3 nitrogen and oxygen atoms in total. The van der Waals surface area contributed by atoms with E-state index in [1.807, 2.05) is 18.2 Å². The molecule has 0 aromatic heterocycles. The lowest BCUT2D eigenvalue weighted by atomic mass is 10.0. The van der Waals surface area contributed by atoms with E-state index in [9.17, 15) is 4.79 Å². The average Bonchev–Trinajstić information content (AvgIpc) is 2.42. The topological polar surface area (TPSA) is 41.1 Å². The maximum absolute atomic E-state index is 11.2. The Morgan fingerprint density at radius 1 is 1.15 bits per heavy atom. The highest BCUT2D eigenvalue weighted by molar-refractivity contribution is 5.89. The third kappa shape index (κ3) is 6.20. The largest absolute Gasteiger partial charge is 0.326 e. The number of amides is 1. The van der Waals surface area contributed by atoms with Gasteiger partial charge in [-0.15, -0.1) is 0 Å². The van der Waals surface area contributed by atoms with E-state index >= 15 is 0 Å². The van der Waals surface area contributed by atoms with Crippen LogP contribution >= 0.6 is 0 Å². The summed E-state index contributed by atoms with van der Waals surface area (Å²) in [5.41, 5.74) is 2.07. The van der Waals surface area contributed by atoms with Crippen molar-refractivity contribution in [1.82, 2.24) is 5.32 Å². The second kappa shape index (κ2) is 9.54. The van der Waals surface area contributed by atoms with Gasteiger partial charge in [0.15, 0.2) is 0 Å². The van der Waals surface area contributed by atoms with E-state index in [4.69, 9.17) is 0 Å². The van der Waals surface area contributed by atoms with Crippen LogP contribution in [-0.4, -0.2) is 11.9 Å². The van der Waals surface area contributed by atoms with Crippen LogP contribution in [-0.2, 0) is 11.3 Å². The summed E-state index contributed by atoms with van der Waals surface area (Å²) in [5.74, 6) is -0.0199. The van der Waals surface area contributed by atoms with E-state index < -0.39 is 0 Å². The van der Waals surface area contributed by atoms with Gasteiger partial charge < -0.3 is 10.6 Å². The molecule has 1 aromatic rings. The molecule has 0 spiro atoms. The Labute approximate surface area is 123 Å². The minimum atomic E-state index is -0.0199. The van der Waals surface area contributed by atoms with Crippen molar-refractivity contribution in [3.8, 4) is 0 Å². The lowest BCUT2D eigenvalue weighted by Gasteiger charge is -2.19. The molecule has 0 aliphatic rings. The second-order valence-electron chi connectivity index (χ2n) is 5.35. The molecule has 1 atom stereocenters. The van der Waals surface area contributed by atoms with Crippen molar-refractivity contribution >= 4 is 11.6 Å². The summed E-state index contributed by atoms with van der Waals surface area (Å²) in [4.78, 5) is 11.2. The number of hydrogen-bond acceptors (Lipinski definition) is 2. The van der Waals surface area contributed by atoms with Crippen molar-refractivity contribution in [1.29, 1.82) is 0 Å². The number of carbonyl (C=O) groups excluding carboxylic acids is 1. The molecule has 0 radical (unpaired) electrons. The smallest absolute Gasteiger partial charge is 0.221 e. The first-order valence-corrected chi connectivity index (χ1v) is 7.76. The molecule has 0 aliphatic heterocycles. The van der Waals surface area contributed by atoms with Crippen LogP contribution in [0.25, 0.3) is 0 Å². The molecule has 1 unspecified atom stereocenters. The maximum Gasteiger partial charge on any atom is 0.221 e. The SMILES string of the molecule is CCCCC(CCC)NCc1ccccc1NC(C)=O. The first-order valence-electron chi connectivity index (χ1n) is 7.76. The van der Waals surface area contributed by atoms with Crippen LogP contribution in [0.3, 0.4) is 0 Å². The number of hydrogen-bond donors (Lipinski definition) is 2. The molecular formula is C17H28N2O. The number of unbranched alkanes of at least 4 members (excludes halogenated alkanes) is 1. The molecule has 1 aromatic carbocycles. The summed E-state index contributed by atoms with van der Waals surface area (Å²) >= 11 is 0. The summed E-state index contributed by atoms with van der Waals surface area (Å²) in [6.07, 6.45) is 6.15. The fourth-order valence-electron chi connectivity index (χ4n) is 2.39. The minimum Gasteiger partial charge on any atom is -0.326 e. The van der Waals surface area contributed by atoms with Crippen molar-refractivity contribution in [2.45, 2.75) is 65.5 Å². The summed E-state index contributed by atoms with van der Waals surface area (Å²) in [6, 6.07) is 8.57. The highest BCUT2D eigenvalue weighted by atomic mass is 16.1. The molecular weight excluding hydrogens is 248 g/mol. The molecule has 20 heavy (non-hydrogen) atoms.